The number of nitrogens with one attached hydrogen (secondary N) is 2. The van der Waals surface area contributed by atoms with Gasteiger partial charge in [-0.1, -0.05) is 12.1 Å². The fourth-order valence-corrected chi connectivity index (χ4v) is 2.03. The molecule has 2 rings (SSSR count). The van der Waals surface area contributed by atoms with Gasteiger partial charge in [-0.15, -0.1) is 0 Å². The van der Waals surface area contributed by atoms with Crippen molar-refractivity contribution in [2.24, 2.45) is 0 Å². The number of esters is 1. The lowest BCUT2D eigenvalue weighted by molar-refractivity contribution is -0.119. The molecule has 0 aliphatic heterocycles. The van der Waals surface area contributed by atoms with E-state index in [2.05, 4.69) is 10.6 Å². The van der Waals surface area contributed by atoms with Crippen molar-refractivity contribution in [3.8, 4) is 0 Å². The van der Waals surface area contributed by atoms with Gasteiger partial charge in [-0.2, -0.15) is 0 Å². The Morgan fingerprint density at radius 2 is 1.76 bits per heavy atom. The molecule has 0 radical (unpaired) electrons. The number of carbonyl (C=O) groups is 3. The summed E-state index contributed by atoms with van der Waals surface area (Å²) in [6.07, 6.45) is 0. The van der Waals surface area contributed by atoms with Crippen molar-refractivity contribution in [2.45, 2.75) is 6.92 Å². The van der Waals surface area contributed by atoms with Crippen molar-refractivity contribution in [2.75, 3.05) is 18.5 Å². The van der Waals surface area contributed by atoms with Crippen molar-refractivity contribution in [3.63, 3.8) is 0 Å². The van der Waals surface area contributed by atoms with Gasteiger partial charge in [0.1, 0.15) is 5.82 Å². The van der Waals surface area contributed by atoms with E-state index in [1.807, 2.05) is 0 Å². The molecule has 2 aromatic carbocycles. The Morgan fingerprint density at radius 3 is 2.48 bits per heavy atom. The summed E-state index contributed by atoms with van der Waals surface area (Å²) in [4.78, 5) is 35.4. The standard InChI is InChI=1S/C18H17FN2O4/c1-2-20-17(23)12-5-4-8-15(10-12)21-16(22)11-25-18(24)13-6-3-7-14(19)9-13/h3-10H,2,11H2,1H3,(H,20,23)(H,21,22). The van der Waals surface area contributed by atoms with Crippen molar-refractivity contribution in [1.29, 1.82) is 0 Å². The number of benzene rings is 2. The highest BCUT2D eigenvalue weighted by molar-refractivity contribution is 5.98. The molecule has 130 valence electrons. The van der Waals surface area contributed by atoms with Crippen LogP contribution in [0.5, 0.6) is 0 Å². The molecule has 0 spiro atoms. The maximum atomic E-state index is 13.1. The summed E-state index contributed by atoms with van der Waals surface area (Å²) in [7, 11) is 0. The number of amides is 2. The average Bonchev–Trinajstić information content (AvgIpc) is 2.60. The van der Waals surface area contributed by atoms with Gasteiger partial charge in [-0.25, -0.2) is 9.18 Å². The maximum Gasteiger partial charge on any atom is 0.338 e. The quantitative estimate of drug-likeness (QED) is 0.788. The van der Waals surface area contributed by atoms with Gasteiger partial charge in [0.05, 0.1) is 5.56 Å². The van der Waals surface area contributed by atoms with Crippen LogP contribution >= 0.6 is 0 Å². The number of anilines is 1. The fourth-order valence-electron chi connectivity index (χ4n) is 2.03. The molecule has 0 aliphatic rings. The minimum Gasteiger partial charge on any atom is -0.452 e. The third-order valence-corrected chi connectivity index (χ3v) is 3.14. The third-order valence-electron chi connectivity index (χ3n) is 3.14. The summed E-state index contributed by atoms with van der Waals surface area (Å²) in [6.45, 7) is 1.77. The second-order valence-corrected chi connectivity index (χ2v) is 5.07. The van der Waals surface area contributed by atoms with E-state index in [1.165, 1.54) is 24.3 Å². The zero-order chi connectivity index (χ0) is 18.2. The molecule has 0 heterocycles. The lowest BCUT2D eigenvalue weighted by Crippen LogP contribution is -2.23. The monoisotopic (exact) mass is 344 g/mol. The molecule has 0 bridgehead atoms. The van der Waals surface area contributed by atoms with Crippen LogP contribution in [-0.4, -0.2) is 30.9 Å². The summed E-state index contributed by atoms with van der Waals surface area (Å²) in [5.74, 6) is -2.19. The van der Waals surface area contributed by atoms with E-state index in [4.69, 9.17) is 4.74 Å². The Morgan fingerprint density at radius 1 is 1.04 bits per heavy atom. The molecular weight excluding hydrogens is 327 g/mol. The summed E-state index contributed by atoms with van der Waals surface area (Å²) in [6, 6.07) is 11.3. The molecule has 2 N–H and O–H groups in total. The predicted molar refractivity (Wildman–Crippen MR) is 89.8 cm³/mol. The maximum absolute atomic E-state index is 13.1. The minimum atomic E-state index is -0.800. The van der Waals surface area contributed by atoms with Gasteiger partial charge in [0, 0.05) is 17.8 Å². The number of hydrogen-bond donors (Lipinski definition) is 2. The van der Waals surface area contributed by atoms with Crippen LogP contribution in [0.4, 0.5) is 10.1 Å². The molecular formula is C18H17FN2O4. The summed E-state index contributed by atoms with van der Waals surface area (Å²) < 4.78 is 17.9. The van der Waals surface area contributed by atoms with Crippen LogP contribution in [0.15, 0.2) is 48.5 Å². The Hall–Kier alpha value is -3.22. The summed E-state index contributed by atoms with van der Waals surface area (Å²) >= 11 is 0. The zero-order valence-electron chi connectivity index (χ0n) is 13.5. The normalized spacial score (nSPS) is 10.0. The number of hydrogen-bond acceptors (Lipinski definition) is 4. The minimum absolute atomic E-state index is 0.0195. The first-order valence-electron chi connectivity index (χ1n) is 7.60. The second-order valence-electron chi connectivity index (χ2n) is 5.07. The molecule has 0 fully saturated rings. The van der Waals surface area contributed by atoms with Crippen LogP contribution in [-0.2, 0) is 9.53 Å². The van der Waals surface area contributed by atoms with Crippen molar-refractivity contribution < 1.29 is 23.5 Å². The second kappa shape index (κ2) is 8.58. The van der Waals surface area contributed by atoms with E-state index in [9.17, 15) is 18.8 Å². The number of carbonyl (C=O) groups excluding carboxylic acids is 3. The van der Waals surface area contributed by atoms with Crippen LogP contribution in [0, 0.1) is 5.82 Å². The van der Waals surface area contributed by atoms with Crippen molar-refractivity contribution in [3.05, 3.63) is 65.5 Å². The molecule has 25 heavy (non-hydrogen) atoms. The van der Waals surface area contributed by atoms with E-state index in [-0.39, 0.29) is 11.5 Å². The van der Waals surface area contributed by atoms with Crippen LogP contribution in [0.2, 0.25) is 0 Å². The Labute approximate surface area is 144 Å². The average molecular weight is 344 g/mol. The first kappa shape index (κ1) is 18.1. The van der Waals surface area contributed by atoms with E-state index >= 15 is 0 Å². The largest absolute Gasteiger partial charge is 0.452 e. The van der Waals surface area contributed by atoms with Gasteiger partial charge in [0.2, 0.25) is 0 Å². The molecule has 0 aliphatic carbocycles. The number of ether oxygens (including phenoxy) is 1. The molecule has 0 aromatic heterocycles. The fraction of sp³-hybridized carbons (Fsp3) is 0.167. The van der Waals surface area contributed by atoms with E-state index in [1.54, 1.807) is 25.1 Å². The van der Waals surface area contributed by atoms with Gasteiger partial charge in [-0.3, -0.25) is 9.59 Å². The Bertz CT molecular complexity index is 792. The predicted octanol–water partition coefficient (Wildman–Crippen LogP) is 2.37. The smallest absolute Gasteiger partial charge is 0.338 e. The zero-order valence-corrected chi connectivity index (χ0v) is 13.5. The van der Waals surface area contributed by atoms with Crippen molar-refractivity contribution in [1.82, 2.24) is 5.32 Å². The van der Waals surface area contributed by atoms with Crippen LogP contribution in [0.25, 0.3) is 0 Å². The molecule has 0 atom stereocenters. The van der Waals surface area contributed by atoms with Crippen molar-refractivity contribution >= 4 is 23.5 Å². The van der Waals surface area contributed by atoms with Gasteiger partial charge in [0.25, 0.3) is 11.8 Å². The third kappa shape index (κ3) is 5.42. The van der Waals surface area contributed by atoms with Gasteiger partial charge < -0.3 is 15.4 Å². The van der Waals surface area contributed by atoms with Crippen LogP contribution in [0.3, 0.4) is 0 Å². The highest BCUT2D eigenvalue weighted by atomic mass is 19.1. The lowest BCUT2D eigenvalue weighted by atomic mass is 10.2. The topological polar surface area (TPSA) is 84.5 Å². The van der Waals surface area contributed by atoms with Gasteiger partial charge >= 0.3 is 5.97 Å². The number of rotatable bonds is 6. The first-order valence-corrected chi connectivity index (χ1v) is 7.60. The van der Waals surface area contributed by atoms with Gasteiger partial charge in [0.15, 0.2) is 6.61 Å². The van der Waals surface area contributed by atoms with E-state index in [0.717, 1.165) is 6.07 Å². The molecule has 0 saturated heterocycles. The molecule has 6 nitrogen and oxygen atoms in total. The molecule has 2 aromatic rings. The van der Waals surface area contributed by atoms with E-state index < -0.39 is 24.3 Å². The lowest BCUT2D eigenvalue weighted by Gasteiger charge is -2.08. The molecule has 0 unspecified atom stereocenters. The Balaban J connectivity index is 1.91. The van der Waals surface area contributed by atoms with Crippen LogP contribution < -0.4 is 10.6 Å². The first-order chi connectivity index (χ1) is 12.0. The van der Waals surface area contributed by atoms with E-state index in [0.29, 0.717) is 17.8 Å². The summed E-state index contributed by atoms with van der Waals surface area (Å²) in [5, 5.41) is 5.18. The number of halogens is 1. The Kier molecular flexibility index (Phi) is 6.22. The van der Waals surface area contributed by atoms with Crippen LogP contribution in [0.1, 0.15) is 27.6 Å². The highest BCUT2D eigenvalue weighted by Gasteiger charge is 2.12. The molecule has 2 amide bonds. The molecule has 0 saturated carbocycles. The summed E-state index contributed by atoms with van der Waals surface area (Å²) in [5.41, 5.74) is 0.818. The SMILES string of the molecule is CCNC(=O)c1cccc(NC(=O)COC(=O)c2cccc(F)c2)c1. The highest BCUT2D eigenvalue weighted by Crippen LogP contribution is 2.11. The molecule has 7 heteroatoms. The van der Waals surface area contributed by atoms with Gasteiger partial charge in [-0.05, 0) is 43.3 Å².